The van der Waals surface area contributed by atoms with E-state index in [0.29, 0.717) is 19.1 Å². The zero-order valence-electron chi connectivity index (χ0n) is 6.95. The Kier molecular flexibility index (Phi) is 3.83. The third-order valence-corrected chi connectivity index (χ3v) is 2.13. The smallest absolute Gasteiger partial charge is 0.0613 e. The average molecular weight is 160 g/mol. The van der Waals surface area contributed by atoms with Crippen molar-refractivity contribution in [3.63, 3.8) is 0 Å². The summed E-state index contributed by atoms with van der Waals surface area (Å²) in [6.07, 6.45) is 1.48. The molecule has 0 spiro atoms. The maximum Gasteiger partial charge on any atom is 0.0613 e. The summed E-state index contributed by atoms with van der Waals surface area (Å²) >= 11 is 0. The summed E-state index contributed by atoms with van der Waals surface area (Å²) in [7, 11) is 1.65. The summed E-state index contributed by atoms with van der Waals surface area (Å²) in [6.45, 7) is 2.15. The molecule has 3 nitrogen and oxygen atoms in total. The van der Waals surface area contributed by atoms with Crippen LogP contribution < -0.4 is 0 Å². The molecule has 66 valence electrons. The SMILES string of the molecule is COCCC(O)C1CCOC1. The van der Waals surface area contributed by atoms with Gasteiger partial charge in [-0.3, -0.25) is 0 Å². The maximum absolute atomic E-state index is 9.52. The molecule has 2 atom stereocenters. The molecule has 0 radical (unpaired) electrons. The molecule has 0 amide bonds. The average Bonchev–Trinajstić information content (AvgIpc) is 2.52. The molecule has 1 saturated heterocycles. The first-order chi connectivity index (χ1) is 5.34. The van der Waals surface area contributed by atoms with Gasteiger partial charge in [0.2, 0.25) is 0 Å². The molecule has 0 aromatic rings. The van der Waals surface area contributed by atoms with Gasteiger partial charge in [0.25, 0.3) is 0 Å². The quantitative estimate of drug-likeness (QED) is 0.647. The Morgan fingerprint density at radius 2 is 2.55 bits per heavy atom. The first-order valence-electron chi connectivity index (χ1n) is 4.09. The van der Waals surface area contributed by atoms with Crippen molar-refractivity contribution in [1.82, 2.24) is 0 Å². The number of rotatable bonds is 4. The second-order valence-corrected chi connectivity index (χ2v) is 2.97. The van der Waals surface area contributed by atoms with E-state index in [2.05, 4.69) is 0 Å². The van der Waals surface area contributed by atoms with Crippen molar-refractivity contribution < 1.29 is 14.6 Å². The number of aliphatic hydroxyl groups is 1. The van der Waals surface area contributed by atoms with Crippen LogP contribution in [0.15, 0.2) is 0 Å². The van der Waals surface area contributed by atoms with Gasteiger partial charge in [0.15, 0.2) is 0 Å². The Labute approximate surface area is 67.3 Å². The van der Waals surface area contributed by atoms with Gasteiger partial charge in [0, 0.05) is 26.2 Å². The third-order valence-electron chi connectivity index (χ3n) is 2.13. The molecule has 1 fully saturated rings. The molecule has 1 rings (SSSR count). The molecule has 0 bridgehead atoms. The molecule has 0 aromatic heterocycles. The monoisotopic (exact) mass is 160 g/mol. The van der Waals surface area contributed by atoms with E-state index in [9.17, 15) is 5.11 Å². The summed E-state index contributed by atoms with van der Waals surface area (Å²) in [4.78, 5) is 0. The fourth-order valence-corrected chi connectivity index (χ4v) is 1.33. The van der Waals surface area contributed by atoms with Crippen LogP contribution in [-0.2, 0) is 9.47 Å². The van der Waals surface area contributed by atoms with Gasteiger partial charge < -0.3 is 14.6 Å². The van der Waals surface area contributed by atoms with Crippen LogP contribution in [0.5, 0.6) is 0 Å². The first-order valence-corrected chi connectivity index (χ1v) is 4.09. The highest BCUT2D eigenvalue weighted by atomic mass is 16.5. The van der Waals surface area contributed by atoms with Crippen LogP contribution in [0.4, 0.5) is 0 Å². The Hall–Kier alpha value is -0.120. The summed E-state index contributed by atoms with van der Waals surface area (Å²) < 4.78 is 10.0. The topological polar surface area (TPSA) is 38.7 Å². The fourth-order valence-electron chi connectivity index (χ4n) is 1.33. The van der Waals surface area contributed by atoms with Crippen molar-refractivity contribution in [3.05, 3.63) is 0 Å². The lowest BCUT2D eigenvalue weighted by atomic mass is 10.00. The summed E-state index contributed by atoms with van der Waals surface area (Å²) in [5.74, 6) is 0.338. The Balaban J connectivity index is 2.12. The van der Waals surface area contributed by atoms with Gasteiger partial charge in [-0.1, -0.05) is 0 Å². The van der Waals surface area contributed by atoms with E-state index in [1.54, 1.807) is 7.11 Å². The molecule has 2 unspecified atom stereocenters. The number of aliphatic hydroxyl groups excluding tert-OH is 1. The summed E-state index contributed by atoms with van der Waals surface area (Å²) in [6, 6.07) is 0. The molecular weight excluding hydrogens is 144 g/mol. The molecule has 3 heteroatoms. The summed E-state index contributed by atoms with van der Waals surface area (Å²) in [5, 5.41) is 9.52. The van der Waals surface area contributed by atoms with Crippen LogP contribution in [0.1, 0.15) is 12.8 Å². The molecule has 1 N–H and O–H groups in total. The van der Waals surface area contributed by atoms with Gasteiger partial charge in [0.1, 0.15) is 0 Å². The minimum Gasteiger partial charge on any atom is -0.393 e. The second kappa shape index (κ2) is 4.70. The highest BCUT2D eigenvalue weighted by Gasteiger charge is 2.23. The summed E-state index contributed by atoms with van der Waals surface area (Å²) in [5.41, 5.74) is 0. The highest BCUT2D eigenvalue weighted by Crippen LogP contribution is 2.18. The van der Waals surface area contributed by atoms with Crippen LogP contribution in [0.3, 0.4) is 0 Å². The number of hydrogen-bond acceptors (Lipinski definition) is 3. The molecule has 0 aromatic carbocycles. The van der Waals surface area contributed by atoms with Gasteiger partial charge in [0.05, 0.1) is 12.7 Å². The van der Waals surface area contributed by atoms with Crippen LogP contribution in [0.25, 0.3) is 0 Å². The first kappa shape index (κ1) is 8.97. The number of methoxy groups -OCH3 is 1. The zero-order chi connectivity index (χ0) is 8.10. The van der Waals surface area contributed by atoms with Crippen LogP contribution in [0, 0.1) is 5.92 Å². The van der Waals surface area contributed by atoms with Gasteiger partial charge >= 0.3 is 0 Å². The molecule has 1 aliphatic heterocycles. The van der Waals surface area contributed by atoms with Gasteiger partial charge in [-0.15, -0.1) is 0 Å². The normalized spacial score (nSPS) is 27.3. The zero-order valence-corrected chi connectivity index (χ0v) is 6.95. The minimum atomic E-state index is -0.238. The standard InChI is InChI=1S/C8H16O3/c1-10-4-3-8(9)7-2-5-11-6-7/h7-9H,2-6H2,1H3. The van der Waals surface area contributed by atoms with Crippen molar-refractivity contribution in [2.75, 3.05) is 26.9 Å². The molecule has 1 aliphatic rings. The molecular formula is C8H16O3. The van der Waals surface area contributed by atoms with Crippen molar-refractivity contribution in [2.24, 2.45) is 5.92 Å². The minimum absolute atomic E-state index is 0.238. The van der Waals surface area contributed by atoms with Gasteiger partial charge in [-0.2, -0.15) is 0 Å². The van der Waals surface area contributed by atoms with E-state index >= 15 is 0 Å². The predicted molar refractivity (Wildman–Crippen MR) is 41.4 cm³/mol. The van der Waals surface area contributed by atoms with Crippen LogP contribution in [0.2, 0.25) is 0 Å². The fraction of sp³-hybridized carbons (Fsp3) is 1.00. The van der Waals surface area contributed by atoms with Crippen molar-refractivity contribution in [2.45, 2.75) is 18.9 Å². The van der Waals surface area contributed by atoms with Crippen molar-refractivity contribution >= 4 is 0 Å². The Bertz CT molecular complexity index is 99.5. The third kappa shape index (κ3) is 2.77. The van der Waals surface area contributed by atoms with E-state index in [1.807, 2.05) is 0 Å². The van der Waals surface area contributed by atoms with Gasteiger partial charge in [-0.25, -0.2) is 0 Å². The molecule has 0 saturated carbocycles. The van der Waals surface area contributed by atoms with Crippen LogP contribution >= 0.6 is 0 Å². The number of ether oxygens (including phenoxy) is 2. The maximum atomic E-state index is 9.52. The lowest BCUT2D eigenvalue weighted by Crippen LogP contribution is -2.21. The lowest BCUT2D eigenvalue weighted by Gasteiger charge is -2.15. The van der Waals surface area contributed by atoms with Gasteiger partial charge in [-0.05, 0) is 12.8 Å². The van der Waals surface area contributed by atoms with E-state index in [4.69, 9.17) is 9.47 Å². The second-order valence-electron chi connectivity index (χ2n) is 2.97. The lowest BCUT2D eigenvalue weighted by molar-refractivity contribution is 0.0589. The Morgan fingerprint density at radius 3 is 3.09 bits per heavy atom. The molecule has 11 heavy (non-hydrogen) atoms. The van der Waals surface area contributed by atoms with E-state index in [0.717, 1.165) is 19.4 Å². The van der Waals surface area contributed by atoms with E-state index in [-0.39, 0.29) is 6.10 Å². The van der Waals surface area contributed by atoms with Crippen LogP contribution in [-0.4, -0.2) is 38.1 Å². The Morgan fingerprint density at radius 1 is 1.73 bits per heavy atom. The molecule has 1 heterocycles. The van der Waals surface area contributed by atoms with E-state index < -0.39 is 0 Å². The predicted octanol–water partition coefficient (Wildman–Crippen LogP) is 0.420. The largest absolute Gasteiger partial charge is 0.393 e. The molecule has 0 aliphatic carbocycles. The highest BCUT2D eigenvalue weighted by molar-refractivity contribution is 4.72. The van der Waals surface area contributed by atoms with Crippen molar-refractivity contribution in [3.8, 4) is 0 Å². The number of hydrogen-bond donors (Lipinski definition) is 1. The van der Waals surface area contributed by atoms with E-state index in [1.165, 1.54) is 0 Å². The van der Waals surface area contributed by atoms with Crippen molar-refractivity contribution in [1.29, 1.82) is 0 Å².